The van der Waals surface area contributed by atoms with Crippen molar-refractivity contribution in [3.05, 3.63) is 30.0 Å². The minimum Gasteiger partial charge on any atom is -0.483 e. The molecule has 11 nitrogen and oxygen atoms in total. The third kappa shape index (κ3) is 5.53. The van der Waals surface area contributed by atoms with Gasteiger partial charge in [0.1, 0.15) is 0 Å². The Hall–Kier alpha value is -2.54. The maximum absolute atomic E-state index is 13.2. The number of morpholine rings is 1. The molecule has 3 rings (SSSR count). The van der Waals surface area contributed by atoms with Crippen LogP contribution in [0.4, 0.5) is 0 Å². The molecule has 0 aliphatic carbocycles. The summed E-state index contributed by atoms with van der Waals surface area (Å²) in [5, 5.41) is 12.1. The average molecular weight is 442 g/mol. The van der Waals surface area contributed by atoms with Crippen molar-refractivity contribution >= 4 is 33.5 Å². The number of rotatable bonds is 6. The summed E-state index contributed by atoms with van der Waals surface area (Å²) in [4.78, 5) is 23.3. The maximum atomic E-state index is 13.2. The molecule has 30 heavy (non-hydrogen) atoms. The Kier molecular flexibility index (Phi) is 8.29. The van der Waals surface area contributed by atoms with Crippen LogP contribution < -0.4 is 4.72 Å². The van der Waals surface area contributed by atoms with Crippen LogP contribution >= 0.6 is 0 Å². The molecule has 1 saturated heterocycles. The number of hydrogen-bond acceptors (Lipinski definition) is 6. The molecule has 12 heteroatoms. The fourth-order valence-corrected chi connectivity index (χ4v) is 3.79. The highest BCUT2D eigenvalue weighted by Gasteiger charge is 2.30. The summed E-state index contributed by atoms with van der Waals surface area (Å²) in [6.45, 7) is 1.26. The SMILES string of the molecule is CN(C)S(=O)(=O)NCCC1COCCN1C(=O)c1nn(C)c2ccccc12.O=CO. The Bertz CT molecular complexity index is 975. The van der Waals surface area contributed by atoms with Crippen LogP contribution in [0, 0.1) is 0 Å². The number of carbonyl (C=O) groups excluding carboxylic acids is 1. The highest BCUT2D eigenvalue weighted by Crippen LogP contribution is 2.21. The fourth-order valence-electron chi connectivity index (χ4n) is 3.15. The van der Waals surface area contributed by atoms with Crippen LogP contribution in [0.3, 0.4) is 0 Å². The summed E-state index contributed by atoms with van der Waals surface area (Å²) in [6.07, 6.45) is 0.462. The lowest BCUT2D eigenvalue weighted by atomic mass is 10.1. The lowest BCUT2D eigenvalue weighted by Crippen LogP contribution is -2.50. The van der Waals surface area contributed by atoms with Crippen LogP contribution in [-0.2, 0) is 26.8 Å². The number of aromatic nitrogens is 2. The molecule has 2 heterocycles. The van der Waals surface area contributed by atoms with Gasteiger partial charge in [0, 0.05) is 39.6 Å². The summed E-state index contributed by atoms with van der Waals surface area (Å²) in [7, 11) is 1.25. The normalized spacial score (nSPS) is 16.9. The monoisotopic (exact) mass is 441 g/mol. The number of nitrogens with one attached hydrogen (secondary N) is 1. The van der Waals surface area contributed by atoms with Gasteiger partial charge in [0.05, 0.1) is 24.8 Å². The predicted molar refractivity (Wildman–Crippen MR) is 110 cm³/mol. The van der Waals surface area contributed by atoms with Gasteiger partial charge in [-0.3, -0.25) is 14.3 Å². The number of carbonyl (C=O) groups is 2. The van der Waals surface area contributed by atoms with Crippen molar-refractivity contribution < 1.29 is 27.9 Å². The number of para-hydroxylation sites is 1. The van der Waals surface area contributed by atoms with Gasteiger partial charge in [-0.15, -0.1) is 0 Å². The van der Waals surface area contributed by atoms with Crippen molar-refractivity contribution in [3.8, 4) is 0 Å². The maximum Gasteiger partial charge on any atom is 0.290 e. The van der Waals surface area contributed by atoms with E-state index in [9.17, 15) is 13.2 Å². The molecule has 0 radical (unpaired) electrons. The van der Waals surface area contributed by atoms with Gasteiger partial charge in [0.15, 0.2) is 5.69 Å². The molecule has 166 valence electrons. The first-order valence-electron chi connectivity index (χ1n) is 9.28. The number of fused-ring (bicyclic) bond motifs is 1. The molecule has 1 unspecified atom stereocenters. The van der Waals surface area contributed by atoms with E-state index in [-0.39, 0.29) is 25.0 Å². The van der Waals surface area contributed by atoms with Crippen molar-refractivity contribution in [2.24, 2.45) is 7.05 Å². The first kappa shape index (κ1) is 23.7. The van der Waals surface area contributed by atoms with E-state index in [1.165, 1.54) is 14.1 Å². The minimum atomic E-state index is -3.49. The van der Waals surface area contributed by atoms with E-state index < -0.39 is 10.2 Å². The van der Waals surface area contributed by atoms with Crippen LogP contribution in [0.2, 0.25) is 0 Å². The number of aryl methyl sites for hydroxylation is 1. The average Bonchev–Trinajstić information content (AvgIpc) is 3.05. The third-order valence-electron chi connectivity index (χ3n) is 4.69. The van der Waals surface area contributed by atoms with Crippen LogP contribution in [0.25, 0.3) is 10.9 Å². The second-order valence-corrected chi connectivity index (χ2v) is 8.76. The molecule has 0 saturated carbocycles. The number of amides is 1. The Morgan fingerprint density at radius 2 is 2.07 bits per heavy atom. The van der Waals surface area contributed by atoms with Crippen molar-refractivity contribution in [2.45, 2.75) is 12.5 Å². The zero-order valence-corrected chi connectivity index (χ0v) is 18.0. The predicted octanol–water partition coefficient (Wildman–Crippen LogP) is -0.0988. The Labute approximate surface area is 175 Å². The summed E-state index contributed by atoms with van der Waals surface area (Å²) in [5.41, 5.74) is 1.30. The molecular formula is C18H27N5O6S. The van der Waals surface area contributed by atoms with Gasteiger partial charge in [-0.25, -0.2) is 4.72 Å². The zero-order chi connectivity index (χ0) is 22.3. The van der Waals surface area contributed by atoms with Crippen molar-refractivity contribution in [1.29, 1.82) is 0 Å². The van der Waals surface area contributed by atoms with Crippen LogP contribution in [-0.4, -0.2) is 91.3 Å². The number of nitrogens with zero attached hydrogens (tertiary/aromatic N) is 4. The van der Waals surface area contributed by atoms with E-state index in [0.29, 0.717) is 31.9 Å². The zero-order valence-electron chi connectivity index (χ0n) is 17.2. The van der Waals surface area contributed by atoms with Gasteiger partial charge in [-0.2, -0.15) is 17.8 Å². The molecule has 0 bridgehead atoms. The molecule has 2 aromatic rings. The molecule has 1 atom stereocenters. The molecule has 1 fully saturated rings. The van der Waals surface area contributed by atoms with Gasteiger partial charge in [0.25, 0.3) is 22.6 Å². The highest BCUT2D eigenvalue weighted by molar-refractivity contribution is 7.87. The summed E-state index contributed by atoms with van der Waals surface area (Å²) in [5.74, 6) is -0.157. The molecule has 1 aromatic carbocycles. The quantitative estimate of drug-likeness (QED) is 0.598. The van der Waals surface area contributed by atoms with E-state index in [2.05, 4.69) is 9.82 Å². The van der Waals surface area contributed by atoms with E-state index in [4.69, 9.17) is 14.6 Å². The first-order valence-corrected chi connectivity index (χ1v) is 10.7. The standard InChI is InChI=1S/C17H25N5O4S.CH2O2/c1-20(2)27(24,25)18-9-8-13-12-26-11-10-22(13)17(23)16-14-6-4-5-7-15(14)21(3)19-16;2-1-3/h4-7,13,18H,8-12H2,1-3H3;1H,(H,2,3). The first-order chi connectivity index (χ1) is 14.2. The van der Waals surface area contributed by atoms with E-state index >= 15 is 0 Å². The van der Waals surface area contributed by atoms with Crippen LogP contribution in [0.1, 0.15) is 16.9 Å². The van der Waals surface area contributed by atoms with Gasteiger partial charge >= 0.3 is 0 Å². The molecule has 1 amide bonds. The van der Waals surface area contributed by atoms with E-state index in [1.54, 1.807) is 9.58 Å². The van der Waals surface area contributed by atoms with Gasteiger partial charge in [0.2, 0.25) is 0 Å². The number of hydrogen-bond donors (Lipinski definition) is 2. The summed E-state index contributed by atoms with van der Waals surface area (Å²) >= 11 is 0. The lowest BCUT2D eigenvalue weighted by molar-refractivity contribution is -0.122. The van der Waals surface area contributed by atoms with Crippen molar-refractivity contribution in [1.82, 2.24) is 23.7 Å². The third-order valence-corrected chi connectivity index (χ3v) is 6.22. The molecule has 1 aromatic heterocycles. The van der Waals surface area contributed by atoms with Gasteiger partial charge in [-0.05, 0) is 12.5 Å². The largest absolute Gasteiger partial charge is 0.483 e. The van der Waals surface area contributed by atoms with Crippen LogP contribution in [0.15, 0.2) is 24.3 Å². The minimum absolute atomic E-state index is 0.157. The molecule has 1 aliphatic heterocycles. The van der Waals surface area contributed by atoms with Crippen LogP contribution in [0.5, 0.6) is 0 Å². The van der Waals surface area contributed by atoms with Gasteiger partial charge < -0.3 is 14.7 Å². The number of carboxylic acid groups (broad SMARTS) is 1. The Morgan fingerprint density at radius 3 is 2.73 bits per heavy atom. The number of benzene rings is 1. The summed E-state index contributed by atoms with van der Waals surface area (Å²) in [6, 6.07) is 7.39. The Morgan fingerprint density at radius 1 is 1.40 bits per heavy atom. The second kappa shape index (κ2) is 10.5. The van der Waals surface area contributed by atoms with E-state index in [0.717, 1.165) is 15.2 Å². The lowest BCUT2D eigenvalue weighted by Gasteiger charge is -2.35. The molecule has 0 spiro atoms. The van der Waals surface area contributed by atoms with Crippen molar-refractivity contribution in [2.75, 3.05) is 40.4 Å². The van der Waals surface area contributed by atoms with E-state index in [1.807, 2.05) is 31.3 Å². The fraction of sp³-hybridized carbons (Fsp3) is 0.500. The molecular weight excluding hydrogens is 414 g/mol. The molecule has 1 aliphatic rings. The topological polar surface area (TPSA) is 134 Å². The Balaban J connectivity index is 0.00000101. The molecule has 2 N–H and O–H groups in total. The van der Waals surface area contributed by atoms with Gasteiger partial charge in [-0.1, -0.05) is 18.2 Å². The number of ether oxygens (including phenoxy) is 1. The smallest absolute Gasteiger partial charge is 0.290 e. The highest BCUT2D eigenvalue weighted by atomic mass is 32.2. The second-order valence-electron chi connectivity index (χ2n) is 6.79. The van der Waals surface area contributed by atoms with Crippen molar-refractivity contribution in [3.63, 3.8) is 0 Å². The summed E-state index contributed by atoms with van der Waals surface area (Å²) < 4.78 is 34.6.